The summed E-state index contributed by atoms with van der Waals surface area (Å²) in [6.07, 6.45) is 2.86. The lowest BCUT2D eigenvalue weighted by Gasteiger charge is -2.39. The van der Waals surface area contributed by atoms with Gasteiger partial charge >= 0.3 is 0 Å². The second kappa shape index (κ2) is 4.35. The number of hydrogen-bond acceptors (Lipinski definition) is 4. The monoisotopic (exact) mass is 232 g/mol. The summed E-state index contributed by atoms with van der Waals surface area (Å²) in [7, 11) is 0. The maximum absolute atomic E-state index is 6.02. The number of nitrogens with zero attached hydrogens (tertiary/aromatic N) is 3. The van der Waals surface area contributed by atoms with E-state index in [0.29, 0.717) is 18.5 Å². The molecule has 0 saturated heterocycles. The molecule has 0 radical (unpaired) electrons. The van der Waals surface area contributed by atoms with Gasteiger partial charge in [-0.05, 0) is 32.4 Å². The molecular formula is C13H20N4. The molecule has 1 aromatic rings. The van der Waals surface area contributed by atoms with Crippen LogP contribution in [-0.2, 0) is 5.54 Å². The Morgan fingerprint density at radius 3 is 2.88 bits per heavy atom. The van der Waals surface area contributed by atoms with Crippen LogP contribution in [0.5, 0.6) is 0 Å². The molecule has 92 valence electrons. The molecule has 1 aromatic heterocycles. The first-order valence-electron chi connectivity index (χ1n) is 6.10. The first-order valence-corrected chi connectivity index (χ1v) is 6.10. The number of nitrogens with two attached hydrogens (primary N) is 1. The fraction of sp³-hybridized carbons (Fsp3) is 0.538. The van der Waals surface area contributed by atoms with Gasteiger partial charge in [-0.25, -0.2) is 0 Å². The topological polar surface area (TPSA) is 54.5 Å². The number of rotatable bonds is 3. The number of hydrogen-bond donors (Lipinski definition) is 1. The van der Waals surface area contributed by atoms with E-state index >= 15 is 0 Å². The standard InChI is InChI=1S/C13H20N4/c1-4-10(2)17-12(14)16-9-13(17,3)11-7-5-6-8-15-11/h5-8,10H,4,9H2,1-3H3,(H2,14,16). The molecule has 1 aliphatic rings. The maximum atomic E-state index is 6.02. The highest BCUT2D eigenvalue weighted by Crippen LogP contribution is 2.33. The highest BCUT2D eigenvalue weighted by atomic mass is 15.4. The Labute approximate surface area is 103 Å². The third-order valence-corrected chi connectivity index (χ3v) is 3.58. The van der Waals surface area contributed by atoms with Gasteiger partial charge in [0.05, 0.1) is 12.2 Å². The Bertz CT molecular complexity index is 415. The summed E-state index contributed by atoms with van der Waals surface area (Å²) in [6, 6.07) is 6.35. The van der Waals surface area contributed by atoms with Crippen molar-refractivity contribution in [3.05, 3.63) is 30.1 Å². The van der Waals surface area contributed by atoms with Crippen molar-refractivity contribution >= 4 is 5.96 Å². The van der Waals surface area contributed by atoms with Crippen LogP contribution in [-0.4, -0.2) is 28.4 Å². The van der Waals surface area contributed by atoms with Crippen LogP contribution >= 0.6 is 0 Å². The Hall–Kier alpha value is -1.58. The van der Waals surface area contributed by atoms with Crippen molar-refractivity contribution in [1.82, 2.24) is 9.88 Å². The molecule has 4 nitrogen and oxygen atoms in total. The summed E-state index contributed by atoms with van der Waals surface area (Å²) < 4.78 is 0. The summed E-state index contributed by atoms with van der Waals surface area (Å²) in [5.41, 5.74) is 6.84. The van der Waals surface area contributed by atoms with Gasteiger partial charge in [0.25, 0.3) is 0 Å². The first kappa shape index (κ1) is 11.9. The van der Waals surface area contributed by atoms with Crippen molar-refractivity contribution in [1.29, 1.82) is 0 Å². The zero-order chi connectivity index (χ0) is 12.5. The number of guanidine groups is 1. The minimum atomic E-state index is -0.208. The van der Waals surface area contributed by atoms with Crippen molar-refractivity contribution in [2.24, 2.45) is 10.7 Å². The van der Waals surface area contributed by atoms with Gasteiger partial charge in [-0.15, -0.1) is 0 Å². The summed E-state index contributed by atoms with van der Waals surface area (Å²) in [5, 5.41) is 0. The third-order valence-electron chi connectivity index (χ3n) is 3.58. The zero-order valence-corrected chi connectivity index (χ0v) is 10.7. The predicted octanol–water partition coefficient (Wildman–Crippen LogP) is 1.73. The number of pyridine rings is 1. The maximum Gasteiger partial charge on any atom is 0.192 e. The molecule has 2 heterocycles. The van der Waals surface area contributed by atoms with Crippen molar-refractivity contribution in [2.45, 2.75) is 38.8 Å². The van der Waals surface area contributed by atoms with E-state index in [4.69, 9.17) is 5.73 Å². The molecule has 0 bridgehead atoms. The number of aliphatic imine (C=N–C) groups is 1. The van der Waals surface area contributed by atoms with Gasteiger partial charge in [0, 0.05) is 12.2 Å². The fourth-order valence-electron chi connectivity index (χ4n) is 2.42. The Morgan fingerprint density at radius 2 is 2.29 bits per heavy atom. The molecule has 0 spiro atoms. The summed E-state index contributed by atoms with van der Waals surface area (Å²) >= 11 is 0. The predicted molar refractivity (Wildman–Crippen MR) is 69.7 cm³/mol. The van der Waals surface area contributed by atoms with Gasteiger partial charge in [-0.2, -0.15) is 0 Å². The van der Waals surface area contributed by atoms with Crippen LogP contribution in [0.15, 0.2) is 29.4 Å². The van der Waals surface area contributed by atoms with Crippen LogP contribution in [0, 0.1) is 0 Å². The van der Waals surface area contributed by atoms with Gasteiger partial charge in [-0.3, -0.25) is 9.98 Å². The Morgan fingerprint density at radius 1 is 1.53 bits per heavy atom. The minimum Gasteiger partial charge on any atom is -0.370 e. The van der Waals surface area contributed by atoms with Gasteiger partial charge in [0.15, 0.2) is 5.96 Å². The molecule has 17 heavy (non-hydrogen) atoms. The van der Waals surface area contributed by atoms with Crippen molar-refractivity contribution in [3.63, 3.8) is 0 Å². The molecular weight excluding hydrogens is 212 g/mol. The lowest BCUT2D eigenvalue weighted by atomic mass is 9.94. The Kier molecular flexibility index (Phi) is 3.05. The van der Waals surface area contributed by atoms with Crippen LogP contribution < -0.4 is 5.73 Å². The van der Waals surface area contributed by atoms with E-state index in [1.165, 1.54) is 0 Å². The molecule has 0 saturated carbocycles. The summed E-state index contributed by atoms with van der Waals surface area (Å²) in [5.74, 6) is 0.632. The highest BCUT2D eigenvalue weighted by Gasteiger charge is 2.42. The number of aromatic nitrogens is 1. The van der Waals surface area contributed by atoms with Crippen LogP contribution in [0.2, 0.25) is 0 Å². The fourth-order valence-corrected chi connectivity index (χ4v) is 2.42. The lowest BCUT2D eigenvalue weighted by molar-refractivity contribution is 0.167. The van der Waals surface area contributed by atoms with E-state index in [9.17, 15) is 0 Å². The van der Waals surface area contributed by atoms with Crippen molar-refractivity contribution in [2.75, 3.05) is 6.54 Å². The van der Waals surface area contributed by atoms with E-state index < -0.39 is 0 Å². The van der Waals surface area contributed by atoms with Gasteiger partial charge in [0.1, 0.15) is 5.54 Å². The molecule has 4 heteroatoms. The molecule has 0 amide bonds. The smallest absolute Gasteiger partial charge is 0.192 e. The molecule has 0 fully saturated rings. The van der Waals surface area contributed by atoms with E-state index in [1.807, 2.05) is 24.4 Å². The van der Waals surface area contributed by atoms with Crippen molar-refractivity contribution in [3.8, 4) is 0 Å². The summed E-state index contributed by atoms with van der Waals surface area (Å²) in [6.45, 7) is 7.18. The third kappa shape index (κ3) is 1.88. The van der Waals surface area contributed by atoms with Crippen LogP contribution in [0.1, 0.15) is 32.9 Å². The van der Waals surface area contributed by atoms with Crippen LogP contribution in [0.4, 0.5) is 0 Å². The normalized spacial score (nSPS) is 25.8. The molecule has 2 rings (SSSR count). The van der Waals surface area contributed by atoms with E-state index in [-0.39, 0.29) is 5.54 Å². The van der Waals surface area contributed by atoms with Gasteiger partial charge in [0.2, 0.25) is 0 Å². The molecule has 0 aromatic carbocycles. The van der Waals surface area contributed by atoms with E-state index in [2.05, 4.69) is 35.6 Å². The van der Waals surface area contributed by atoms with E-state index in [0.717, 1.165) is 12.1 Å². The molecule has 1 aliphatic heterocycles. The van der Waals surface area contributed by atoms with E-state index in [1.54, 1.807) is 0 Å². The first-order chi connectivity index (χ1) is 8.09. The average Bonchev–Trinajstić information content (AvgIpc) is 2.67. The highest BCUT2D eigenvalue weighted by molar-refractivity contribution is 5.81. The van der Waals surface area contributed by atoms with Gasteiger partial charge < -0.3 is 10.6 Å². The average molecular weight is 232 g/mol. The lowest BCUT2D eigenvalue weighted by Crippen LogP contribution is -2.52. The van der Waals surface area contributed by atoms with Crippen LogP contribution in [0.3, 0.4) is 0 Å². The second-order valence-electron chi connectivity index (χ2n) is 4.79. The quantitative estimate of drug-likeness (QED) is 0.863. The van der Waals surface area contributed by atoms with Gasteiger partial charge in [-0.1, -0.05) is 13.0 Å². The molecule has 2 atom stereocenters. The minimum absolute atomic E-state index is 0.208. The Balaban J connectivity index is 2.38. The van der Waals surface area contributed by atoms with Crippen LogP contribution in [0.25, 0.3) is 0 Å². The molecule has 2 unspecified atom stereocenters. The second-order valence-corrected chi connectivity index (χ2v) is 4.79. The zero-order valence-electron chi connectivity index (χ0n) is 10.7. The largest absolute Gasteiger partial charge is 0.370 e. The SMILES string of the molecule is CCC(C)N1C(N)=NCC1(C)c1ccccn1. The molecule has 0 aliphatic carbocycles. The van der Waals surface area contributed by atoms with Crippen molar-refractivity contribution < 1.29 is 0 Å². The summed E-state index contributed by atoms with van der Waals surface area (Å²) in [4.78, 5) is 11.0. The molecule has 2 N–H and O–H groups in total.